The second kappa shape index (κ2) is 5.72. The van der Waals surface area contributed by atoms with E-state index in [2.05, 4.69) is 41.3 Å². The van der Waals surface area contributed by atoms with E-state index in [0.29, 0.717) is 6.54 Å². The number of rotatable bonds is 6. The van der Waals surface area contributed by atoms with Crippen LogP contribution in [0.1, 0.15) is 32.9 Å². The van der Waals surface area contributed by atoms with Crippen LogP contribution in [0.4, 0.5) is 0 Å². The molecule has 1 atom stereocenters. The lowest BCUT2D eigenvalue weighted by atomic mass is 9.96. The van der Waals surface area contributed by atoms with Crippen molar-refractivity contribution in [3.8, 4) is 0 Å². The number of nitrogens with two attached hydrogens (primary N) is 1. The number of imidazole rings is 1. The van der Waals surface area contributed by atoms with Crippen molar-refractivity contribution in [2.24, 2.45) is 5.73 Å². The Hall–Kier alpha value is -1.39. The Morgan fingerprint density at radius 3 is 2.74 bits per heavy atom. The summed E-state index contributed by atoms with van der Waals surface area (Å²) < 4.78 is 2.06. The lowest BCUT2D eigenvalue weighted by Gasteiger charge is -2.39. The summed E-state index contributed by atoms with van der Waals surface area (Å²) >= 11 is 0. The van der Waals surface area contributed by atoms with Crippen LogP contribution in [0.25, 0.3) is 5.65 Å². The van der Waals surface area contributed by atoms with E-state index in [-0.39, 0.29) is 5.54 Å². The normalized spacial score (nSPS) is 15.0. The van der Waals surface area contributed by atoms with E-state index in [0.717, 1.165) is 30.9 Å². The molecule has 0 fully saturated rings. The molecule has 0 spiro atoms. The van der Waals surface area contributed by atoms with Crippen LogP contribution in [0.15, 0.2) is 30.6 Å². The van der Waals surface area contributed by atoms with Gasteiger partial charge in [-0.2, -0.15) is 0 Å². The molecule has 0 bridgehead atoms. The van der Waals surface area contributed by atoms with E-state index >= 15 is 0 Å². The van der Waals surface area contributed by atoms with Gasteiger partial charge < -0.3 is 10.1 Å². The highest BCUT2D eigenvalue weighted by atomic mass is 15.2. The van der Waals surface area contributed by atoms with E-state index in [1.165, 1.54) is 0 Å². The van der Waals surface area contributed by atoms with Gasteiger partial charge in [0.05, 0.1) is 5.69 Å². The molecule has 2 aromatic heterocycles. The minimum atomic E-state index is 0.0462. The van der Waals surface area contributed by atoms with E-state index in [1.54, 1.807) is 0 Å². The van der Waals surface area contributed by atoms with Gasteiger partial charge in [-0.25, -0.2) is 4.98 Å². The summed E-state index contributed by atoms with van der Waals surface area (Å²) in [6.45, 7) is 9.10. The maximum atomic E-state index is 5.96. The average Bonchev–Trinajstić information content (AvgIpc) is 2.86. The molecule has 0 amide bonds. The quantitative estimate of drug-likeness (QED) is 0.867. The minimum absolute atomic E-state index is 0.0462. The van der Waals surface area contributed by atoms with Crippen LogP contribution in [-0.4, -0.2) is 32.9 Å². The first-order valence-electron chi connectivity index (χ1n) is 7.00. The predicted molar refractivity (Wildman–Crippen MR) is 79.0 cm³/mol. The topological polar surface area (TPSA) is 46.6 Å². The van der Waals surface area contributed by atoms with Crippen molar-refractivity contribution in [3.05, 3.63) is 36.3 Å². The fraction of sp³-hybridized carbons (Fsp3) is 0.533. The first-order chi connectivity index (χ1) is 9.12. The van der Waals surface area contributed by atoms with Crippen LogP contribution in [0, 0.1) is 0 Å². The van der Waals surface area contributed by atoms with Gasteiger partial charge in [0.1, 0.15) is 5.65 Å². The molecule has 4 heteroatoms. The van der Waals surface area contributed by atoms with Crippen LogP contribution in [-0.2, 0) is 6.54 Å². The number of fused-ring (bicyclic) bond motifs is 1. The smallest absolute Gasteiger partial charge is 0.137 e. The zero-order valence-electron chi connectivity index (χ0n) is 12.1. The molecule has 4 nitrogen and oxygen atoms in total. The molecule has 2 heterocycles. The summed E-state index contributed by atoms with van der Waals surface area (Å²) in [5.41, 5.74) is 8.10. The first kappa shape index (κ1) is 14.0. The maximum Gasteiger partial charge on any atom is 0.137 e. The van der Waals surface area contributed by atoms with E-state index < -0.39 is 0 Å². The molecule has 0 aliphatic carbocycles. The molecule has 1 unspecified atom stereocenters. The van der Waals surface area contributed by atoms with Gasteiger partial charge in [-0.1, -0.05) is 19.9 Å². The van der Waals surface area contributed by atoms with Crippen molar-refractivity contribution in [1.82, 2.24) is 14.3 Å². The summed E-state index contributed by atoms with van der Waals surface area (Å²) in [5, 5.41) is 0. The van der Waals surface area contributed by atoms with Gasteiger partial charge >= 0.3 is 0 Å². The summed E-state index contributed by atoms with van der Waals surface area (Å²) in [7, 11) is 0. The standard InChI is InChI=1S/C15H24N4/c1-4-15(3,12-16)19(5-2)11-13-10-18-9-7-6-8-14(18)17-13/h6-10H,4-5,11-12,16H2,1-3H3. The van der Waals surface area contributed by atoms with Crippen LogP contribution in [0.3, 0.4) is 0 Å². The second-order valence-electron chi connectivity index (χ2n) is 5.27. The highest BCUT2D eigenvalue weighted by molar-refractivity contribution is 5.39. The molecule has 0 aliphatic heterocycles. The molecule has 104 valence electrons. The van der Waals surface area contributed by atoms with Crippen LogP contribution in [0.2, 0.25) is 0 Å². The number of nitrogens with zero attached hydrogens (tertiary/aromatic N) is 3. The molecule has 2 N–H and O–H groups in total. The van der Waals surface area contributed by atoms with Crippen molar-refractivity contribution in [2.75, 3.05) is 13.1 Å². The summed E-state index contributed by atoms with van der Waals surface area (Å²) in [4.78, 5) is 7.07. The number of hydrogen-bond donors (Lipinski definition) is 1. The van der Waals surface area contributed by atoms with E-state index in [4.69, 9.17) is 5.73 Å². The minimum Gasteiger partial charge on any atom is -0.329 e. The predicted octanol–water partition coefficient (Wildman–Crippen LogP) is 2.28. The zero-order chi connectivity index (χ0) is 13.9. The van der Waals surface area contributed by atoms with Gasteiger partial charge in [0.25, 0.3) is 0 Å². The summed E-state index contributed by atoms with van der Waals surface area (Å²) in [5.74, 6) is 0. The van der Waals surface area contributed by atoms with Gasteiger partial charge in [-0.3, -0.25) is 4.90 Å². The third-order valence-corrected chi connectivity index (χ3v) is 4.11. The van der Waals surface area contributed by atoms with Crippen LogP contribution < -0.4 is 5.73 Å². The van der Waals surface area contributed by atoms with Crippen molar-refractivity contribution >= 4 is 5.65 Å². The van der Waals surface area contributed by atoms with Gasteiger partial charge in [0.15, 0.2) is 0 Å². The SMILES string of the molecule is CCN(Cc1cn2ccccc2n1)C(C)(CC)CN. The van der Waals surface area contributed by atoms with Gasteiger partial charge in [0, 0.05) is 31.0 Å². The van der Waals surface area contributed by atoms with Crippen molar-refractivity contribution in [1.29, 1.82) is 0 Å². The fourth-order valence-corrected chi connectivity index (χ4v) is 2.44. The number of likely N-dealkylation sites (N-methyl/N-ethyl adjacent to an activating group) is 1. The third kappa shape index (κ3) is 2.80. The molecule has 0 aliphatic rings. The monoisotopic (exact) mass is 260 g/mol. The molecule has 0 aromatic carbocycles. The zero-order valence-corrected chi connectivity index (χ0v) is 12.1. The fourth-order valence-electron chi connectivity index (χ4n) is 2.44. The Kier molecular flexibility index (Phi) is 4.22. The molecular weight excluding hydrogens is 236 g/mol. The molecule has 0 radical (unpaired) electrons. The third-order valence-electron chi connectivity index (χ3n) is 4.11. The van der Waals surface area contributed by atoms with Crippen molar-refractivity contribution < 1.29 is 0 Å². The number of hydrogen-bond acceptors (Lipinski definition) is 3. The largest absolute Gasteiger partial charge is 0.329 e. The number of pyridine rings is 1. The van der Waals surface area contributed by atoms with Crippen LogP contribution in [0.5, 0.6) is 0 Å². The van der Waals surface area contributed by atoms with Gasteiger partial charge in [0.2, 0.25) is 0 Å². The van der Waals surface area contributed by atoms with Crippen molar-refractivity contribution in [2.45, 2.75) is 39.3 Å². The highest BCUT2D eigenvalue weighted by Crippen LogP contribution is 2.20. The summed E-state index contributed by atoms with van der Waals surface area (Å²) in [6.07, 6.45) is 5.18. The summed E-state index contributed by atoms with van der Waals surface area (Å²) in [6, 6.07) is 6.06. The molecule has 0 saturated heterocycles. The van der Waals surface area contributed by atoms with Crippen LogP contribution >= 0.6 is 0 Å². The van der Waals surface area contributed by atoms with Crippen molar-refractivity contribution in [3.63, 3.8) is 0 Å². The Labute approximate surface area is 115 Å². The maximum absolute atomic E-state index is 5.96. The molecule has 2 aromatic rings. The molecule has 19 heavy (non-hydrogen) atoms. The lowest BCUT2D eigenvalue weighted by molar-refractivity contribution is 0.103. The Bertz CT molecular complexity index is 495. The van der Waals surface area contributed by atoms with E-state index in [1.807, 2.05) is 24.4 Å². The second-order valence-corrected chi connectivity index (χ2v) is 5.27. The highest BCUT2D eigenvalue weighted by Gasteiger charge is 2.27. The first-order valence-corrected chi connectivity index (χ1v) is 7.00. The molecular formula is C15H24N4. The average molecular weight is 260 g/mol. The van der Waals surface area contributed by atoms with Gasteiger partial charge in [-0.15, -0.1) is 0 Å². The van der Waals surface area contributed by atoms with Gasteiger partial charge in [-0.05, 0) is 32.0 Å². The molecule has 2 rings (SSSR count). The molecule has 0 saturated carbocycles. The Balaban J connectivity index is 2.22. The Morgan fingerprint density at radius 2 is 2.16 bits per heavy atom. The Morgan fingerprint density at radius 1 is 1.37 bits per heavy atom. The lowest BCUT2D eigenvalue weighted by Crippen LogP contribution is -2.50. The van der Waals surface area contributed by atoms with E-state index in [9.17, 15) is 0 Å². The number of aromatic nitrogens is 2.